The zero-order chi connectivity index (χ0) is 11.4. The van der Waals surface area contributed by atoms with E-state index in [4.69, 9.17) is 10.9 Å². The fourth-order valence-electron chi connectivity index (χ4n) is 1.17. The molecule has 0 rings (SSSR count). The third-order valence-corrected chi connectivity index (χ3v) is 2.18. The van der Waals surface area contributed by atoms with Gasteiger partial charge in [0.15, 0.2) is 0 Å². The summed E-state index contributed by atoms with van der Waals surface area (Å²) in [7, 11) is 1.58. The van der Waals surface area contributed by atoms with Crippen molar-refractivity contribution in [1.82, 2.24) is 5.43 Å². The number of amidine groups is 1. The van der Waals surface area contributed by atoms with Gasteiger partial charge in [-0.05, 0) is 5.41 Å². The largest absolute Gasteiger partial charge is 0.481 e. The van der Waals surface area contributed by atoms with Crippen LogP contribution in [0, 0.1) is 11.3 Å². The van der Waals surface area contributed by atoms with Crippen LogP contribution in [0.4, 0.5) is 0 Å². The molecule has 0 amide bonds. The third kappa shape index (κ3) is 3.74. The molecule has 0 saturated carbocycles. The van der Waals surface area contributed by atoms with Gasteiger partial charge in [0.25, 0.3) is 0 Å². The molecule has 0 fully saturated rings. The molecule has 5 heteroatoms. The van der Waals surface area contributed by atoms with E-state index in [1.807, 2.05) is 20.8 Å². The van der Waals surface area contributed by atoms with Gasteiger partial charge in [0.1, 0.15) is 5.84 Å². The zero-order valence-corrected chi connectivity index (χ0v) is 9.16. The molecule has 0 aromatic carbocycles. The van der Waals surface area contributed by atoms with Crippen LogP contribution in [-0.2, 0) is 4.79 Å². The van der Waals surface area contributed by atoms with E-state index in [1.165, 1.54) is 0 Å². The van der Waals surface area contributed by atoms with E-state index in [9.17, 15) is 4.79 Å². The van der Waals surface area contributed by atoms with E-state index >= 15 is 0 Å². The summed E-state index contributed by atoms with van der Waals surface area (Å²) < 4.78 is 0. The predicted octanol–water partition coefficient (Wildman–Crippen LogP) is 0.615. The normalized spacial score (nSPS) is 15.1. The number of nitrogens with two attached hydrogens (primary N) is 1. The smallest absolute Gasteiger partial charge is 0.307 e. The molecule has 0 aliphatic heterocycles. The number of carboxylic acids is 1. The van der Waals surface area contributed by atoms with Crippen LogP contribution in [0.25, 0.3) is 0 Å². The Hall–Kier alpha value is -1.10. The second-order valence-electron chi connectivity index (χ2n) is 4.28. The summed E-state index contributed by atoms with van der Waals surface area (Å²) in [6, 6.07) is 0. The maximum Gasteiger partial charge on any atom is 0.307 e. The van der Waals surface area contributed by atoms with Gasteiger partial charge >= 0.3 is 5.97 Å². The Labute approximate surface area is 84.4 Å². The average Bonchev–Trinajstić information content (AvgIpc) is 2.03. The van der Waals surface area contributed by atoms with Crippen LogP contribution in [0.15, 0.2) is 4.99 Å². The molecule has 0 aromatic rings. The number of nitrogens with one attached hydrogen (secondary N) is 1. The Morgan fingerprint density at radius 3 is 2.29 bits per heavy atom. The van der Waals surface area contributed by atoms with Crippen molar-refractivity contribution >= 4 is 11.8 Å². The van der Waals surface area contributed by atoms with Crippen LogP contribution < -0.4 is 11.3 Å². The molecule has 4 N–H and O–H groups in total. The molecule has 0 heterocycles. The van der Waals surface area contributed by atoms with Gasteiger partial charge in [-0.15, -0.1) is 0 Å². The molecule has 0 aliphatic rings. The molecule has 0 saturated heterocycles. The summed E-state index contributed by atoms with van der Waals surface area (Å²) >= 11 is 0. The summed E-state index contributed by atoms with van der Waals surface area (Å²) in [5.74, 6) is 4.39. The first-order chi connectivity index (χ1) is 6.32. The first-order valence-corrected chi connectivity index (χ1v) is 4.48. The lowest BCUT2D eigenvalue weighted by Crippen LogP contribution is -2.37. The lowest BCUT2D eigenvalue weighted by Gasteiger charge is -2.27. The highest BCUT2D eigenvalue weighted by Crippen LogP contribution is 2.28. The minimum atomic E-state index is -0.825. The maximum absolute atomic E-state index is 11.0. The highest BCUT2D eigenvalue weighted by molar-refractivity contribution is 5.86. The predicted molar refractivity (Wildman–Crippen MR) is 55.9 cm³/mol. The van der Waals surface area contributed by atoms with Crippen LogP contribution >= 0.6 is 0 Å². The number of nitrogens with zero attached hydrogens (tertiary/aromatic N) is 1. The van der Waals surface area contributed by atoms with Crippen molar-refractivity contribution in [3.63, 3.8) is 0 Å². The SMILES string of the molecule is CN=C(C[C@@H](C(=O)O)C(C)(C)C)NN. The van der Waals surface area contributed by atoms with E-state index in [0.29, 0.717) is 12.3 Å². The first kappa shape index (κ1) is 12.9. The molecule has 14 heavy (non-hydrogen) atoms. The fraction of sp³-hybridized carbons (Fsp3) is 0.778. The van der Waals surface area contributed by atoms with Gasteiger partial charge in [0.05, 0.1) is 5.92 Å². The molecule has 0 aromatic heterocycles. The molecular formula is C9H19N3O2. The zero-order valence-electron chi connectivity index (χ0n) is 9.16. The Bertz CT molecular complexity index is 231. The van der Waals surface area contributed by atoms with Crippen molar-refractivity contribution in [2.24, 2.45) is 22.2 Å². The van der Waals surface area contributed by atoms with Crippen molar-refractivity contribution in [2.75, 3.05) is 7.05 Å². The fourth-order valence-corrected chi connectivity index (χ4v) is 1.17. The number of hydrogen-bond donors (Lipinski definition) is 3. The van der Waals surface area contributed by atoms with Crippen LogP contribution in [0.3, 0.4) is 0 Å². The lowest BCUT2D eigenvalue weighted by molar-refractivity contribution is -0.145. The Morgan fingerprint density at radius 1 is 1.57 bits per heavy atom. The van der Waals surface area contributed by atoms with Gasteiger partial charge in [-0.25, -0.2) is 5.84 Å². The molecule has 0 unspecified atom stereocenters. The molecule has 82 valence electrons. The number of rotatable bonds is 3. The van der Waals surface area contributed by atoms with Gasteiger partial charge in [-0.1, -0.05) is 20.8 Å². The third-order valence-electron chi connectivity index (χ3n) is 2.18. The summed E-state index contributed by atoms with van der Waals surface area (Å²) in [6.07, 6.45) is 0.325. The second-order valence-corrected chi connectivity index (χ2v) is 4.28. The van der Waals surface area contributed by atoms with Crippen molar-refractivity contribution in [2.45, 2.75) is 27.2 Å². The highest BCUT2D eigenvalue weighted by atomic mass is 16.4. The van der Waals surface area contributed by atoms with E-state index in [0.717, 1.165) is 0 Å². The van der Waals surface area contributed by atoms with E-state index in [1.54, 1.807) is 7.05 Å². The number of hydrogen-bond acceptors (Lipinski definition) is 3. The van der Waals surface area contributed by atoms with E-state index < -0.39 is 11.9 Å². The second kappa shape index (κ2) is 4.95. The van der Waals surface area contributed by atoms with E-state index in [-0.39, 0.29) is 5.41 Å². The maximum atomic E-state index is 11.0. The monoisotopic (exact) mass is 201 g/mol. The van der Waals surface area contributed by atoms with Gasteiger partial charge in [-0.2, -0.15) is 0 Å². The Balaban J connectivity index is 4.63. The number of aliphatic carboxylic acids is 1. The average molecular weight is 201 g/mol. The molecular weight excluding hydrogens is 182 g/mol. The van der Waals surface area contributed by atoms with Gasteiger partial charge in [0.2, 0.25) is 0 Å². The number of carboxylic acid groups (broad SMARTS) is 1. The summed E-state index contributed by atoms with van der Waals surface area (Å²) in [4.78, 5) is 14.8. The summed E-state index contributed by atoms with van der Waals surface area (Å²) in [6.45, 7) is 5.65. The van der Waals surface area contributed by atoms with Crippen molar-refractivity contribution < 1.29 is 9.90 Å². The first-order valence-electron chi connectivity index (χ1n) is 4.48. The molecule has 0 bridgehead atoms. The summed E-state index contributed by atoms with van der Waals surface area (Å²) in [5, 5.41) is 9.03. The molecule has 5 nitrogen and oxygen atoms in total. The number of carbonyl (C=O) groups is 1. The van der Waals surface area contributed by atoms with Crippen LogP contribution in [0.2, 0.25) is 0 Å². The minimum absolute atomic E-state index is 0.307. The van der Waals surface area contributed by atoms with Crippen molar-refractivity contribution in [3.05, 3.63) is 0 Å². The summed E-state index contributed by atoms with van der Waals surface area (Å²) in [5.41, 5.74) is 2.09. The topological polar surface area (TPSA) is 87.7 Å². The van der Waals surface area contributed by atoms with Gasteiger partial charge < -0.3 is 10.5 Å². The minimum Gasteiger partial charge on any atom is -0.481 e. The standard InChI is InChI=1S/C9H19N3O2/c1-9(2,3)6(8(13)14)5-7(11-4)12-10/h6H,5,10H2,1-4H3,(H,11,12)(H,13,14)/t6-/m0/s1. The molecule has 0 spiro atoms. The molecule has 0 aliphatic carbocycles. The molecule has 0 radical (unpaired) electrons. The highest BCUT2D eigenvalue weighted by Gasteiger charge is 2.32. The Kier molecular flexibility index (Phi) is 4.56. The van der Waals surface area contributed by atoms with Crippen LogP contribution in [0.5, 0.6) is 0 Å². The van der Waals surface area contributed by atoms with Crippen LogP contribution in [-0.4, -0.2) is 24.0 Å². The van der Waals surface area contributed by atoms with Crippen LogP contribution in [0.1, 0.15) is 27.2 Å². The number of hydrazine groups is 1. The van der Waals surface area contributed by atoms with Gasteiger partial charge in [0, 0.05) is 13.5 Å². The van der Waals surface area contributed by atoms with Gasteiger partial charge in [-0.3, -0.25) is 9.79 Å². The van der Waals surface area contributed by atoms with E-state index in [2.05, 4.69) is 10.4 Å². The number of aliphatic imine (C=N–C) groups is 1. The van der Waals surface area contributed by atoms with Crippen molar-refractivity contribution in [1.29, 1.82) is 0 Å². The Morgan fingerprint density at radius 2 is 2.07 bits per heavy atom. The quantitative estimate of drug-likeness (QED) is 0.270. The molecule has 1 atom stereocenters. The lowest BCUT2D eigenvalue weighted by atomic mass is 9.78. The van der Waals surface area contributed by atoms with Crippen molar-refractivity contribution in [3.8, 4) is 0 Å².